The van der Waals surface area contributed by atoms with Crippen LogP contribution in [0, 0.1) is 19.7 Å². The molecular weight excluding hydrogens is 483 g/mol. The molecule has 5 rings (SSSR count). The number of carboxylic acids is 1. The number of carboxylic acid groups (broad SMARTS) is 1. The van der Waals surface area contributed by atoms with E-state index in [-0.39, 0.29) is 30.0 Å². The number of nitrogen functional groups attached to an aromatic ring is 1. The van der Waals surface area contributed by atoms with Gasteiger partial charge >= 0.3 is 5.97 Å². The molecular formula is C30H33FN4O3. The van der Waals surface area contributed by atoms with E-state index >= 15 is 0 Å². The summed E-state index contributed by atoms with van der Waals surface area (Å²) in [6.07, 6.45) is 1.39. The molecule has 2 bridgehead atoms. The van der Waals surface area contributed by atoms with Crippen LogP contribution in [0.1, 0.15) is 75.5 Å². The van der Waals surface area contributed by atoms with E-state index in [0.717, 1.165) is 39.8 Å². The summed E-state index contributed by atoms with van der Waals surface area (Å²) in [5, 5.41) is 11.3. The maximum Gasteiger partial charge on any atom is 0.304 e. The lowest BCUT2D eigenvalue weighted by Gasteiger charge is -2.53. The Morgan fingerprint density at radius 1 is 1.16 bits per heavy atom. The largest absolute Gasteiger partial charge is 0.481 e. The number of amides is 1. The zero-order chi connectivity index (χ0) is 27.3. The number of rotatable bonds is 7. The van der Waals surface area contributed by atoms with Gasteiger partial charge in [-0.3, -0.25) is 9.59 Å². The van der Waals surface area contributed by atoms with Gasteiger partial charge in [0.1, 0.15) is 5.82 Å². The highest BCUT2D eigenvalue weighted by Crippen LogP contribution is 2.49. The third-order valence-corrected chi connectivity index (χ3v) is 8.14. The van der Waals surface area contributed by atoms with E-state index in [9.17, 15) is 19.1 Å². The number of aryl methyl sites for hydroxylation is 1. The van der Waals surface area contributed by atoms with Crippen LogP contribution in [0.4, 0.5) is 15.8 Å². The second-order valence-corrected chi connectivity index (χ2v) is 10.4. The SMILES string of the molecule is CCN(N)c1ccc(C(CC(=O)O)c2ccc3c(c2)C2C[C@H](C3)N2C(=O)c2cc(C)ccc2F)c(C)c1N. The first-order valence-electron chi connectivity index (χ1n) is 12.9. The van der Waals surface area contributed by atoms with Gasteiger partial charge in [0.05, 0.1) is 29.4 Å². The fraction of sp³-hybridized carbons (Fsp3) is 0.333. The van der Waals surface area contributed by atoms with Gasteiger partial charge < -0.3 is 20.7 Å². The monoisotopic (exact) mass is 516 g/mol. The minimum Gasteiger partial charge on any atom is -0.481 e. The number of nitrogens with zero attached hydrogens (tertiary/aromatic N) is 2. The van der Waals surface area contributed by atoms with Gasteiger partial charge in [-0.25, -0.2) is 10.2 Å². The first-order valence-corrected chi connectivity index (χ1v) is 12.9. The van der Waals surface area contributed by atoms with Crippen LogP contribution in [-0.2, 0) is 11.2 Å². The Hall–Kier alpha value is -3.91. The van der Waals surface area contributed by atoms with Crippen molar-refractivity contribution in [1.82, 2.24) is 4.90 Å². The van der Waals surface area contributed by atoms with Crippen LogP contribution in [0.15, 0.2) is 48.5 Å². The first kappa shape index (κ1) is 25.7. The van der Waals surface area contributed by atoms with Gasteiger partial charge in [-0.1, -0.05) is 35.9 Å². The highest BCUT2D eigenvalue weighted by molar-refractivity contribution is 5.96. The van der Waals surface area contributed by atoms with Gasteiger partial charge in [-0.15, -0.1) is 0 Å². The van der Waals surface area contributed by atoms with Crippen LogP contribution < -0.4 is 16.6 Å². The molecule has 2 unspecified atom stereocenters. The normalized spacial score (nSPS) is 18.4. The standard InChI is InChI=1S/C30H33FN4O3/c1-4-34(33)26-10-8-21(17(3)29(26)32)22(15-28(36)37)19-7-6-18-12-20-14-27(23(18)13-19)35(20)30(38)24-11-16(2)5-9-25(24)31/h5-11,13,20,22,27H,4,12,14-15,32-33H2,1-3H3,(H,36,37)/t20-,22?,27?/m0/s1. The molecule has 1 aliphatic carbocycles. The van der Waals surface area contributed by atoms with Crippen LogP contribution in [-0.4, -0.2) is 34.5 Å². The molecule has 198 valence electrons. The smallest absolute Gasteiger partial charge is 0.304 e. The zero-order valence-electron chi connectivity index (χ0n) is 21.9. The molecule has 1 aliphatic heterocycles. The number of carbonyl (C=O) groups is 2. The number of hydrogen-bond donors (Lipinski definition) is 3. The minimum absolute atomic E-state index is 0.0351. The average molecular weight is 517 g/mol. The quantitative estimate of drug-likeness (QED) is 0.235. The van der Waals surface area contributed by atoms with E-state index in [0.29, 0.717) is 24.3 Å². The minimum atomic E-state index is -0.917. The molecule has 1 fully saturated rings. The molecule has 0 aromatic heterocycles. The number of hydrogen-bond acceptors (Lipinski definition) is 5. The number of fused-ring (bicyclic) bond motifs is 4. The summed E-state index contributed by atoms with van der Waals surface area (Å²) in [7, 11) is 0. The molecule has 0 radical (unpaired) electrons. The van der Waals surface area contributed by atoms with Crippen molar-refractivity contribution in [3.63, 3.8) is 0 Å². The Bertz CT molecular complexity index is 1440. The molecule has 1 saturated heterocycles. The molecule has 2 aliphatic rings. The zero-order valence-corrected chi connectivity index (χ0v) is 21.9. The third-order valence-electron chi connectivity index (χ3n) is 8.14. The van der Waals surface area contributed by atoms with Crippen molar-refractivity contribution in [3.8, 4) is 0 Å². The number of aliphatic carboxylic acids is 1. The number of likely N-dealkylation sites (tertiary alicyclic amines) is 1. The molecule has 3 atom stereocenters. The van der Waals surface area contributed by atoms with Crippen molar-refractivity contribution in [1.29, 1.82) is 0 Å². The molecule has 5 N–H and O–H groups in total. The Kier molecular flexibility index (Phi) is 6.61. The van der Waals surface area contributed by atoms with Crippen molar-refractivity contribution in [3.05, 3.63) is 93.3 Å². The van der Waals surface area contributed by atoms with Crippen LogP contribution in [0.5, 0.6) is 0 Å². The van der Waals surface area contributed by atoms with Gasteiger partial charge in [0.2, 0.25) is 0 Å². The van der Waals surface area contributed by atoms with Gasteiger partial charge in [-0.05, 0) is 79.6 Å². The topological polar surface area (TPSA) is 113 Å². The summed E-state index contributed by atoms with van der Waals surface area (Å²) in [6.45, 7) is 6.23. The van der Waals surface area contributed by atoms with E-state index in [1.54, 1.807) is 22.0 Å². The number of halogens is 1. The Labute approximate surface area is 221 Å². The molecule has 7 nitrogen and oxygen atoms in total. The van der Waals surface area contributed by atoms with Crippen LogP contribution in [0.3, 0.4) is 0 Å². The lowest BCUT2D eigenvalue weighted by Crippen LogP contribution is -2.57. The highest BCUT2D eigenvalue weighted by Gasteiger charge is 2.48. The second-order valence-electron chi connectivity index (χ2n) is 10.4. The summed E-state index contributed by atoms with van der Waals surface area (Å²) in [4.78, 5) is 27.1. The Morgan fingerprint density at radius 2 is 1.92 bits per heavy atom. The molecule has 0 saturated carbocycles. The van der Waals surface area contributed by atoms with Gasteiger partial charge in [0.25, 0.3) is 5.91 Å². The summed E-state index contributed by atoms with van der Waals surface area (Å²) in [6, 6.07) is 14.3. The Balaban J connectivity index is 1.52. The Morgan fingerprint density at radius 3 is 2.63 bits per heavy atom. The van der Waals surface area contributed by atoms with E-state index in [1.807, 2.05) is 51.1 Å². The van der Waals surface area contributed by atoms with Crippen molar-refractivity contribution in [2.75, 3.05) is 17.3 Å². The van der Waals surface area contributed by atoms with Crippen LogP contribution in [0.2, 0.25) is 0 Å². The maximum absolute atomic E-state index is 14.5. The van der Waals surface area contributed by atoms with Crippen LogP contribution in [0.25, 0.3) is 0 Å². The third kappa shape index (κ3) is 4.28. The fourth-order valence-electron chi connectivity index (χ4n) is 6.00. The number of benzene rings is 3. The van der Waals surface area contributed by atoms with Crippen molar-refractivity contribution in [2.45, 2.75) is 58.0 Å². The predicted molar refractivity (Wildman–Crippen MR) is 145 cm³/mol. The van der Waals surface area contributed by atoms with Crippen molar-refractivity contribution in [2.24, 2.45) is 5.84 Å². The lowest BCUT2D eigenvalue weighted by atomic mass is 9.73. The van der Waals surface area contributed by atoms with Gasteiger partial charge in [0, 0.05) is 18.5 Å². The number of anilines is 2. The van der Waals surface area contributed by atoms with E-state index < -0.39 is 17.7 Å². The lowest BCUT2D eigenvalue weighted by molar-refractivity contribution is -0.137. The van der Waals surface area contributed by atoms with E-state index in [4.69, 9.17) is 11.6 Å². The predicted octanol–water partition coefficient (Wildman–Crippen LogP) is 4.84. The first-order chi connectivity index (χ1) is 18.1. The van der Waals surface area contributed by atoms with Crippen molar-refractivity contribution < 1.29 is 19.1 Å². The number of carbonyl (C=O) groups excluding carboxylic acids is 1. The van der Waals surface area contributed by atoms with Gasteiger partial charge in [-0.2, -0.15) is 0 Å². The molecule has 3 aromatic rings. The summed E-state index contributed by atoms with van der Waals surface area (Å²) in [5.74, 6) is 3.91. The van der Waals surface area contributed by atoms with Crippen LogP contribution >= 0.6 is 0 Å². The van der Waals surface area contributed by atoms with E-state index in [1.165, 1.54) is 6.07 Å². The summed E-state index contributed by atoms with van der Waals surface area (Å²) < 4.78 is 14.5. The number of nitrogens with two attached hydrogens (primary N) is 2. The molecule has 1 amide bonds. The molecule has 3 aromatic carbocycles. The summed E-state index contributed by atoms with van der Waals surface area (Å²) in [5.41, 5.74) is 13.2. The second kappa shape index (κ2) is 9.76. The van der Waals surface area contributed by atoms with Gasteiger partial charge in [0.15, 0.2) is 0 Å². The van der Waals surface area contributed by atoms with E-state index in [2.05, 4.69) is 0 Å². The summed E-state index contributed by atoms with van der Waals surface area (Å²) >= 11 is 0. The molecule has 8 heteroatoms. The molecule has 0 spiro atoms. The highest BCUT2D eigenvalue weighted by atomic mass is 19.1. The molecule has 38 heavy (non-hydrogen) atoms. The number of hydrazine groups is 1. The molecule has 1 heterocycles. The maximum atomic E-state index is 14.5. The van der Waals surface area contributed by atoms with Crippen molar-refractivity contribution >= 4 is 23.3 Å². The fourth-order valence-corrected chi connectivity index (χ4v) is 6.00. The average Bonchev–Trinajstić information content (AvgIpc) is 2.89.